The van der Waals surface area contributed by atoms with Crippen LogP contribution in [0.3, 0.4) is 0 Å². The zero-order valence-corrected chi connectivity index (χ0v) is 22.0. The van der Waals surface area contributed by atoms with E-state index in [0.29, 0.717) is 29.7 Å². The maximum absolute atomic E-state index is 15.3. The van der Waals surface area contributed by atoms with Crippen LogP contribution in [0.25, 0.3) is 33.3 Å². The molecule has 3 fully saturated rings. The third-order valence-corrected chi connectivity index (χ3v) is 9.43. The Morgan fingerprint density at radius 1 is 1.15 bits per heavy atom. The Morgan fingerprint density at radius 2 is 2.03 bits per heavy atom. The second-order valence-corrected chi connectivity index (χ2v) is 11.5. The first-order chi connectivity index (χ1) is 19.0. The zero-order valence-electron chi connectivity index (χ0n) is 22.0. The maximum atomic E-state index is 15.3. The van der Waals surface area contributed by atoms with E-state index in [1.54, 1.807) is 6.07 Å². The van der Waals surface area contributed by atoms with Gasteiger partial charge in [-0.3, -0.25) is 14.8 Å². The standard InChI is InChI=1S/C29H30FN9/c1-15-18(5-6-23-19(15)12-38(2)37-23)25-26-28(36-35-25)34-24(11-32-26)39-8-7-20-21(13-39)29(20,14-31)27-22(30)9-17(10-33-27)16-3-4-16/h5-6,9-12,16,20-21H,3-4,7-8,13-14,31H2,1-2H3,(H,34,35,36)/t20-,21+,29+/m1/s1. The smallest absolute Gasteiger partial charge is 0.177 e. The van der Waals surface area contributed by atoms with Crippen LogP contribution in [0.15, 0.2) is 36.8 Å². The van der Waals surface area contributed by atoms with Crippen molar-refractivity contribution in [3.05, 3.63) is 59.4 Å². The molecule has 9 nitrogen and oxygen atoms in total. The predicted octanol–water partition coefficient (Wildman–Crippen LogP) is 3.98. The molecule has 5 heterocycles. The SMILES string of the molecule is Cc1c(-c2n[nH]c3nc(N4CC[C@@H]5[C@H](C4)[C@@]5(CN)c4ncc(C5CC5)cc4F)cnc23)ccc2nn(C)cc12. The molecule has 1 aromatic carbocycles. The van der Waals surface area contributed by atoms with Gasteiger partial charge < -0.3 is 10.6 Å². The molecule has 0 bridgehead atoms. The first-order valence-electron chi connectivity index (χ1n) is 13.7. The Kier molecular flexibility index (Phi) is 4.75. The maximum Gasteiger partial charge on any atom is 0.177 e. The molecule has 2 saturated carbocycles. The molecule has 2 aliphatic carbocycles. The minimum absolute atomic E-state index is 0.197. The van der Waals surface area contributed by atoms with Gasteiger partial charge >= 0.3 is 0 Å². The van der Waals surface area contributed by atoms with Gasteiger partial charge in [0.25, 0.3) is 0 Å². The second kappa shape index (κ2) is 8.05. The van der Waals surface area contributed by atoms with Crippen molar-refractivity contribution in [3.63, 3.8) is 0 Å². The highest BCUT2D eigenvalue weighted by Gasteiger charge is 2.67. The van der Waals surface area contributed by atoms with Crippen molar-refractivity contribution in [2.45, 2.75) is 37.5 Å². The highest BCUT2D eigenvalue weighted by molar-refractivity contribution is 5.94. The number of benzene rings is 1. The minimum Gasteiger partial charge on any atom is -0.355 e. The van der Waals surface area contributed by atoms with Crippen molar-refractivity contribution < 1.29 is 4.39 Å². The molecule has 5 aromatic rings. The van der Waals surface area contributed by atoms with Gasteiger partial charge in [0.15, 0.2) is 5.65 Å². The van der Waals surface area contributed by atoms with Crippen molar-refractivity contribution >= 4 is 27.9 Å². The Morgan fingerprint density at radius 3 is 2.82 bits per heavy atom. The molecule has 1 aliphatic heterocycles. The van der Waals surface area contributed by atoms with Gasteiger partial charge in [0.2, 0.25) is 0 Å². The number of halogens is 1. The largest absolute Gasteiger partial charge is 0.355 e. The lowest BCUT2D eigenvalue weighted by Gasteiger charge is -2.26. The van der Waals surface area contributed by atoms with Crippen LogP contribution < -0.4 is 10.6 Å². The molecule has 1 saturated heterocycles. The summed E-state index contributed by atoms with van der Waals surface area (Å²) >= 11 is 0. The van der Waals surface area contributed by atoms with E-state index >= 15 is 4.39 Å². The molecule has 3 aliphatic rings. The monoisotopic (exact) mass is 523 g/mol. The van der Waals surface area contributed by atoms with Crippen LogP contribution in [-0.2, 0) is 12.5 Å². The normalized spacial score (nSPS) is 24.5. The first-order valence-corrected chi connectivity index (χ1v) is 13.7. The number of aryl methyl sites for hydroxylation is 2. The minimum atomic E-state index is -0.401. The van der Waals surface area contributed by atoms with E-state index in [0.717, 1.165) is 77.0 Å². The molecular formula is C29H30FN9. The predicted molar refractivity (Wildman–Crippen MR) is 147 cm³/mol. The number of pyridine rings is 1. The van der Waals surface area contributed by atoms with Gasteiger partial charge in [-0.05, 0) is 67.2 Å². The van der Waals surface area contributed by atoms with Crippen molar-refractivity contribution in [2.75, 3.05) is 24.5 Å². The van der Waals surface area contributed by atoms with Crippen LogP contribution in [0.1, 0.15) is 42.0 Å². The molecule has 8 rings (SSSR count). The number of aromatic nitrogens is 7. The van der Waals surface area contributed by atoms with Crippen LogP contribution in [-0.4, -0.2) is 54.6 Å². The third kappa shape index (κ3) is 3.30. The Labute approximate surface area is 224 Å². The number of piperidine rings is 1. The number of nitrogens with zero attached hydrogens (tertiary/aromatic N) is 7. The number of rotatable bonds is 5. The molecule has 3 N–H and O–H groups in total. The average Bonchev–Trinajstić information content (AvgIpc) is 3.81. The molecule has 198 valence electrons. The fourth-order valence-electron chi connectivity index (χ4n) is 7.11. The zero-order chi connectivity index (χ0) is 26.5. The summed E-state index contributed by atoms with van der Waals surface area (Å²) in [7, 11) is 1.93. The molecule has 0 radical (unpaired) electrons. The molecule has 0 unspecified atom stereocenters. The molecule has 4 aromatic heterocycles. The molecule has 10 heteroatoms. The van der Waals surface area contributed by atoms with Crippen molar-refractivity contribution in [3.8, 4) is 11.3 Å². The Hall–Kier alpha value is -3.92. The van der Waals surface area contributed by atoms with Gasteiger partial charge in [0, 0.05) is 55.4 Å². The van der Waals surface area contributed by atoms with Gasteiger partial charge in [-0.2, -0.15) is 10.2 Å². The third-order valence-electron chi connectivity index (χ3n) is 9.43. The summed E-state index contributed by atoms with van der Waals surface area (Å²) in [6.45, 7) is 4.06. The van der Waals surface area contributed by atoms with Gasteiger partial charge in [-0.15, -0.1) is 0 Å². The van der Waals surface area contributed by atoms with E-state index in [4.69, 9.17) is 15.7 Å². The second-order valence-electron chi connectivity index (χ2n) is 11.5. The summed E-state index contributed by atoms with van der Waals surface area (Å²) in [5, 5.41) is 13.3. The average molecular weight is 524 g/mol. The summed E-state index contributed by atoms with van der Waals surface area (Å²) in [5.41, 5.74) is 12.8. The van der Waals surface area contributed by atoms with Crippen LogP contribution in [0, 0.1) is 24.6 Å². The molecule has 0 spiro atoms. The van der Waals surface area contributed by atoms with Gasteiger partial charge in [0.1, 0.15) is 22.8 Å². The highest BCUT2D eigenvalue weighted by Crippen LogP contribution is 2.63. The molecule has 0 amide bonds. The van der Waals surface area contributed by atoms with Gasteiger partial charge in [-0.1, -0.05) is 6.07 Å². The number of nitrogens with one attached hydrogen (secondary N) is 1. The fourth-order valence-corrected chi connectivity index (χ4v) is 7.11. The van der Waals surface area contributed by atoms with Crippen molar-refractivity contribution in [2.24, 2.45) is 24.6 Å². The summed E-state index contributed by atoms with van der Waals surface area (Å²) in [6, 6.07) is 5.76. The lowest BCUT2D eigenvalue weighted by atomic mass is 9.95. The summed E-state index contributed by atoms with van der Waals surface area (Å²) in [4.78, 5) is 16.6. The van der Waals surface area contributed by atoms with E-state index in [1.807, 2.05) is 42.5 Å². The lowest BCUT2D eigenvalue weighted by Crippen LogP contribution is -2.33. The molecular weight excluding hydrogens is 493 g/mol. The number of hydrogen-bond acceptors (Lipinski definition) is 7. The molecule has 3 atom stereocenters. The number of H-pyrrole nitrogens is 1. The summed E-state index contributed by atoms with van der Waals surface area (Å²) in [5.74, 6) is 1.66. The van der Waals surface area contributed by atoms with Crippen LogP contribution in [0.4, 0.5) is 10.2 Å². The topological polar surface area (TPSA) is 114 Å². The first kappa shape index (κ1) is 23.0. The number of anilines is 1. The number of fused-ring (bicyclic) bond motifs is 3. The Balaban J connectivity index is 1.08. The van der Waals surface area contributed by atoms with Crippen LogP contribution >= 0.6 is 0 Å². The van der Waals surface area contributed by atoms with Crippen molar-refractivity contribution in [1.29, 1.82) is 0 Å². The Bertz CT molecular complexity index is 1770. The number of nitrogens with two attached hydrogens (primary N) is 1. The van der Waals surface area contributed by atoms with E-state index < -0.39 is 5.41 Å². The van der Waals surface area contributed by atoms with Crippen molar-refractivity contribution in [1.82, 2.24) is 34.9 Å². The number of hydrogen-bond donors (Lipinski definition) is 2. The van der Waals surface area contributed by atoms with Crippen LogP contribution in [0.5, 0.6) is 0 Å². The molecule has 39 heavy (non-hydrogen) atoms. The van der Waals surface area contributed by atoms with E-state index in [9.17, 15) is 0 Å². The number of aromatic amines is 1. The van der Waals surface area contributed by atoms with Gasteiger partial charge in [-0.25, -0.2) is 14.4 Å². The summed E-state index contributed by atoms with van der Waals surface area (Å²) in [6.07, 6.45) is 8.91. The lowest BCUT2D eigenvalue weighted by molar-refractivity contribution is 0.515. The quantitative estimate of drug-likeness (QED) is 0.358. The summed E-state index contributed by atoms with van der Waals surface area (Å²) < 4.78 is 17.1. The van der Waals surface area contributed by atoms with Gasteiger partial charge in [0.05, 0.1) is 17.4 Å². The van der Waals surface area contributed by atoms with Crippen LogP contribution in [0.2, 0.25) is 0 Å². The van der Waals surface area contributed by atoms with E-state index in [-0.39, 0.29) is 11.7 Å². The van der Waals surface area contributed by atoms with E-state index in [2.05, 4.69) is 32.1 Å². The fraction of sp³-hybridized carbons (Fsp3) is 0.414. The van der Waals surface area contributed by atoms with E-state index in [1.165, 1.54) is 0 Å². The highest BCUT2D eigenvalue weighted by atomic mass is 19.1.